The Labute approximate surface area is 102 Å². The molecule has 0 heterocycles. The predicted octanol–water partition coefficient (Wildman–Crippen LogP) is 4.28. The molecule has 1 fully saturated rings. The van der Waals surface area contributed by atoms with Crippen LogP contribution in [0.25, 0.3) is 0 Å². The van der Waals surface area contributed by atoms with Crippen LogP contribution in [0.4, 0.5) is 13.2 Å². The van der Waals surface area contributed by atoms with Crippen LogP contribution < -0.4 is 5.32 Å². The molecule has 102 valence electrons. The Hall–Kier alpha value is -0.250. The summed E-state index contributed by atoms with van der Waals surface area (Å²) in [6, 6.07) is 0.262. The van der Waals surface area contributed by atoms with Crippen molar-refractivity contribution in [1.82, 2.24) is 5.32 Å². The Morgan fingerprint density at radius 2 is 1.82 bits per heavy atom. The normalized spacial score (nSPS) is 19.8. The maximum absolute atomic E-state index is 12.0. The Morgan fingerprint density at radius 1 is 1.18 bits per heavy atom. The van der Waals surface area contributed by atoms with E-state index in [0.29, 0.717) is 6.42 Å². The van der Waals surface area contributed by atoms with Crippen molar-refractivity contribution < 1.29 is 13.2 Å². The summed E-state index contributed by atoms with van der Waals surface area (Å²) in [5, 5.41) is 3.14. The maximum atomic E-state index is 12.0. The molecular formula is C13H24F3N. The van der Waals surface area contributed by atoms with Gasteiger partial charge in [-0.2, -0.15) is 13.2 Å². The monoisotopic (exact) mass is 251 g/mol. The molecule has 0 aromatic rings. The highest BCUT2D eigenvalue weighted by molar-refractivity contribution is 4.72. The molecule has 0 spiro atoms. The Balaban J connectivity index is 2.10. The summed E-state index contributed by atoms with van der Waals surface area (Å²) in [5.74, 6) is 0.827. The van der Waals surface area contributed by atoms with Gasteiger partial charge in [0, 0.05) is 12.5 Å². The summed E-state index contributed by atoms with van der Waals surface area (Å²) >= 11 is 0. The smallest absolute Gasteiger partial charge is 0.317 e. The second-order valence-electron chi connectivity index (χ2n) is 5.22. The third-order valence-corrected chi connectivity index (χ3v) is 3.82. The van der Waals surface area contributed by atoms with Crippen molar-refractivity contribution in [3.63, 3.8) is 0 Å². The first-order valence-corrected chi connectivity index (χ1v) is 6.75. The van der Waals surface area contributed by atoms with E-state index in [9.17, 15) is 13.2 Å². The number of hydrogen-bond donors (Lipinski definition) is 1. The molecule has 1 aliphatic rings. The minimum absolute atomic E-state index is 0.250. The van der Waals surface area contributed by atoms with Crippen LogP contribution in [0, 0.1) is 5.92 Å². The molecule has 0 aromatic carbocycles. The van der Waals surface area contributed by atoms with E-state index in [1.165, 1.54) is 32.1 Å². The lowest BCUT2D eigenvalue weighted by atomic mass is 9.96. The lowest BCUT2D eigenvalue weighted by Crippen LogP contribution is -2.26. The van der Waals surface area contributed by atoms with Gasteiger partial charge in [0.1, 0.15) is 0 Å². The molecule has 1 nitrogen and oxygen atoms in total. The maximum Gasteiger partial charge on any atom is 0.389 e. The van der Waals surface area contributed by atoms with Crippen LogP contribution in [0.15, 0.2) is 0 Å². The van der Waals surface area contributed by atoms with Crippen molar-refractivity contribution >= 4 is 0 Å². The SMILES string of the molecule is CNC(CCCC(F)(F)F)CCC1CCCC1. The second kappa shape index (κ2) is 7.24. The number of nitrogens with one attached hydrogen (secondary N) is 1. The second-order valence-corrected chi connectivity index (χ2v) is 5.22. The third kappa shape index (κ3) is 6.92. The lowest BCUT2D eigenvalue weighted by molar-refractivity contribution is -0.135. The van der Waals surface area contributed by atoms with Crippen molar-refractivity contribution in [3.05, 3.63) is 0 Å². The largest absolute Gasteiger partial charge is 0.389 e. The standard InChI is InChI=1S/C13H24F3N/c1-17-12(7-4-10-13(14,15)16)9-8-11-5-2-3-6-11/h11-12,17H,2-10H2,1H3. The molecule has 0 aliphatic heterocycles. The lowest BCUT2D eigenvalue weighted by Gasteiger charge is -2.18. The number of alkyl halides is 3. The molecule has 1 saturated carbocycles. The molecule has 1 atom stereocenters. The molecular weight excluding hydrogens is 227 g/mol. The summed E-state index contributed by atoms with van der Waals surface area (Å²) in [7, 11) is 1.85. The highest BCUT2D eigenvalue weighted by atomic mass is 19.4. The van der Waals surface area contributed by atoms with Crippen molar-refractivity contribution in [2.24, 2.45) is 5.92 Å². The van der Waals surface area contributed by atoms with Gasteiger partial charge in [0.05, 0.1) is 0 Å². The van der Waals surface area contributed by atoms with Crippen LogP contribution in [0.3, 0.4) is 0 Å². The van der Waals surface area contributed by atoms with E-state index in [-0.39, 0.29) is 12.5 Å². The van der Waals surface area contributed by atoms with Crippen LogP contribution in [0.5, 0.6) is 0 Å². The van der Waals surface area contributed by atoms with Crippen LogP contribution in [0.2, 0.25) is 0 Å². The molecule has 1 aliphatic carbocycles. The van der Waals surface area contributed by atoms with E-state index >= 15 is 0 Å². The van der Waals surface area contributed by atoms with E-state index in [1.807, 2.05) is 7.05 Å². The van der Waals surface area contributed by atoms with Crippen LogP contribution in [-0.2, 0) is 0 Å². The molecule has 1 unspecified atom stereocenters. The van der Waals surface area contributed by atoms with E-state index in [2.05, 4.69) is 5.32 Å². The minimum Gasteiger partial charge on any atom is -0.317 e. The number of hydrogen-bond acceptors (Lipinski definition) is 1. The topological polar surface area (TPSA) is 12.0 Å². The first kappa shape index (κ1) is 14.8. The van der Waals surface area contributed by atoms with Gasteiger partial charge in [0.15, 0.2) is 0 Å². The fourth-order valence-electron chi connectivity index (χ4n) is 2.72. The summed E-state index contributed by atoms with van der Waals surface area (Å²) in [6.07, 6.45) is 3.77. The van der Waals surface area contributed by atoms with Crippen LogP contribution in [0.1, 0.15) is 57.8 Å². The molecule has 1 N–H and O–H groups in total. The van der Waals surface area contributed by atoms with Gasteiger partial charge in [0.25, 0.3) is 0 Å². The number of rotatable bonds is 7. The van der Waals surface area contributed by atoms with Gasteiger partial charge in [-0.05, 0) is 38.6 Å². The van der Waals surface area contributed by atoms with Gasteiger partial charge in [-0.25, -0.2) is 0 Å². The van der Waals surface area contributed by atoms with Gasteiger partial charge in [0.2, 0.25) is 0 Å². The molecule has 0 aromatic heterocycles. The van der Waals surface area contributed by atoms with Crippen LogP contribution in [-0.4, -0.2) is 19.3 Å². The first-order chi connectivity index (χ1) is 8.01. The molecule has 0 radical (unpaired) electrons. The summed E-state index contributed by atoms with van der Waals surface area (Å²) in [5.41, 5.74) is 0. The van der Waals surface area contributed by atoms with Gasteiger partial charge in [-0.1, -0.05) is 25.7 Å². The number of halogens is 3. The zero-order valence-electron chi connectivity index (χ0n) is 10.7. The van der Waals surface area contributed by atoms with Crippen molar-refractivity contribution in [2.75, 3.05) is 7.05 Å². The third-order valence-electron chi connectivity index (χ3n) is 3.82. The van der Waals surface area contributed by atoms with Crippen molar-refractivity contribution in [1.29, 1.82) is 0 Å². The van der Waals surface area contributed by atoms with Gasteiger partial charge in [-0.3, -0.25) is 0 Å². The summed E-state index contributed by atoms with van der Waals surface area (Å²) in [4.78, 5) is 0. The highest BCUT2D eigenvalue weighted by Crippen LogP contribution is 2.29. The van der Waals surface area contributed by atoms with Gasteiger partial charge >= 0.3 is 6.18 Å². The fraction of sp³-hybridized carbons (Fsp3) is 1.00. The zero-order valence-corrected chi connectivity index (χ0v) is 10.7. The molecule has 0 bridgehead atoms. The fourth-order valence-corrected chi connectivity index (χ4v) is 2.72. The van der Waals surface area contributed by atoms with Gasteiger partial charge < -0.3 is 5.32 Å². The van der Waals surface area contributed by atoms with Crippen molar-refractivity contribution in [3.8, 4) is 0 Å². The molecule has 4 heteroatoms. The highest BCUT2D eigenvalue weighted by Gasteiger charge is 2.26. The Bertz CT molecular complexity index is 197. The zero-order chi connectivity index (χ0) is 12.7. The summed E-state index contributed by atoms with van der Waals surface area (Å²) in [6.45, 7) is 0. The predicted molar refractivity (Wildman–Crippen MR) is 63.9 cm³/mol. The van der Waals surface area contributed by atoms with Crippen molar-refractivity contribution in [2.45, 2.75) is 70.0 Å². The quantitative estimate of drug-likeness (QED) is 0.712. The van der Waals surface area contributed by atoms with Gasteiger partial charge in [-0.15, -0.1) is 0 Å². The Morgan fingerprint density at radius 3 is 2.35 bits per heavy atom. The van der Waals surface area contributed by atoms with E-state index in [0.717, 1.165) is 12.3 Å². The van der Waals surface area contributed by atoms with Crippen LogP contribution >= 0.6 is 0 Å². The Kier molecular flexibility index (Phi) is 6.31. The molecule has 0 saturated heterocycles. The van der Waals surface area contributed by atoms with E-state index < -0.39 is 12.6 Å². The average molecular weight is 251 g/mol. The van der Waals surface area contributed by atoms with E-state index in [1.54, 1.807) is 0 Å². The summed E-state index contributed by atoms with van der Waals surface area (Å²) < 4.78 is 36.1. The molecule has 0 amide bonds. The van der Waals surface area contributed by atoms with E-state index in [4.69, 9.17) is 0 Å². The average Bonchev–Trinajstić information content (AvgIpc) is 2.74. The molecule has 17 heavy (non-hydrogen) atoms. The molecule has 1 rings (SSSR count). The first-order valence-electron chi connectivity index (χ1n) is 6.75. The minimum atomic E-state index is -4.00.